The highest BCUT2D eigenvalue weighted by Gasteiger charge is 2.27. The summed E-state index contributed by atoms with van der Waals surface area (Å²) in [5.74, 6) is 0. The lowest BCUT2D eigenvalue weighted by Crippen LogP contribution is -2.17. The quantitative estimate of drug-likeness (QED) is 0.692. The van der Waals surface area contributed by atoms with Crippen molar-refractivity contribution in [2.24, 2.45) is 0 Å². The molecule has 0 spiro atoms. The number of allylic oxidation sites excluding steroid dienone is 4. The molecule has 1 aliphatic rings. The monoisotopic (exact) mass is 362 g/mol. The van der Waals surface area contributed by atoms with Gasteiger partial charge in [0.05, 0.1) is 16.8 Å². The predicted molar refractivity (Wildman–Crippen MR) is 103 cm³/mol. The second-order valence-corrected chi connectivity index (χ2v) is 7.99. The Labute approximate surface area is 153 Å². The zero-order chi connectivity index (χ0) is 18.1. The summed E-state index contributed by atoms with van der Waals surface area (Å²) in [6.07, 6.45) is 4.49. The summed E-state index contributed by atoms with van der Waals surface area (Å²) in [4.78, 5) is 0.228. The molecule has 130 valence electrons. The van der Waals surface area contributed by atoms with Crippen molar-refractivity contribution in [1.29, 1.82) is 0 Å². The van der Waals surface area contributed by atoms with Gasteiger partial charge in [0.25, 0.3) is 10.0 Å². The van der Waals surface area contributed by atoms with Crippen LogP contribution in [0.15, 0.2) is 89.5 Å². The Bertz CT molecular complexity index is 1110. The molecule has 4 nitrogen and oxygen atoms in total. The normalized spacial score (nSPS) is 14.6. The van der Waals surface area contributed by atoms with E-state index < -0.39 is 10.0 Å². The second-order valence-electron chi connectivity index (χ2n) is 6.22. The molecule has 0 aliphatic heterocycles. The lowest BCUT2D eigenvalue weighted by atomic mass is 9.97. The Hall–Kier alpha value is -2.92. The minimum atomic E-state index is -3.75. The van der Waals surface area contributed by atoms with E-state index in [1.54, 1.807) is 36.4 Å². The summed E-state index contributed by atoms with van der Waals surface area (Å²) in [6.45, 7) is 2.04. The minimum Gasteiger partial charge on any atom is -0.199 e. The number of hydrogen-bond donors (Lipinski definition) is 0. The molecule has 4 rings (SSSR count). The van der Waals surface area contributed by atoms with E-state index in [0.29, 0.717) is 5.69 Å². The van der Waals surface area contributed by atoms with Crippen LogP contribution >= 0.6 is 0 Å². The maximum Gasteiger partial charge on any atom is 0.283 e. The van der Waals surface area contributed by atoms with Gasteiger partial charge < -0.3 is 0 Å². The molecule has 0 atom stereocenters. The van der Waals surface area contributed by atoms with Gasteiger partial charge in [0.15, 0.2) is 0 Å². The first-order chi connectivity index (χ1) is 12.6. The molecule has 1 aliphatic carbocycles. The van der Waals surface area contributed by atoms with Gasteiger partial charge in [-0.15, -0.1) is 0 Å². The van der Waals surface area contributed by atoms with Gasteiger partial charge in [-0.3, -0.25) is 0 Å². The van der Waals surface area contributed by atoms with Crippen LogP contribution in [0.1, 0.15) is 24.6 Å². The molecule has 0 fully saturated rings. The standard InChI is InChI=1S/C21H18N2O2S/c1-16-12-13-19(17-8-4-2-5-9-17)21(16)20-14-15-22-23(20)26(24,25)18-10-6-3-7-11-18/h2-11,13-15H,12H2,1H3. The number of hydrogen-bond acceptors (Lipinski definition) is 3. The van der Waals surface area contributed by atoms with Crippen molar-refractivity contribution in [3.8, 4) is 0 Å². The highest BCUT2D eigenvalue weighted by Crippen LogP contribution is 2.40. The minimum absolute atomic E-state index is 0.228. The van der Waals surface area contributed by atoms with Gasteiger partial charge in [-0.1, -0.05) is 60.2 Å². The van der Waals surface area contributed by atoms with Gasteiger partial charge in [0, 0.05) is 5.57 Å². The first-order valence-corrected chi connectivity index (χ1v) is 9.84. The van der Waals surface area contributed by atoms with Gasteiger partial charge >= 0.3 is 0 Å². The first-order valence-electron chi connectivity index (χ1n) is 8.40. The number of rotatable bonds is 4. The van der Waals surface area contributed by atoms with Gasteiger partial charge in [-0.2, -0.15) is 17.6 Å². The summed E-state index contributed by atoms with van der Waals surface area (Å²) < 4.78 is 27.3. The molecule has 0 radical (unpaired) electrons. The van der Waals surface area contributed by atoms with Crippen LogP contribution in [0.2, 0.25) is 0 Å². The van der Waals surface area contributed by atoms with Gasteiger partial charge in [0.2, 0.25) is 0 Å². The zero-order valence-electron chi connectivity index (χ0n) is 14.3. The van der Waals surface area contributed by atoms with Crippen molar-refractivity contribution in [1.82, 2.24) is 9.19 Å². The third-order valence-electron chi connectivity index (χ3n) is 4.53. The van der Waals surface area contributed by atoms with E-state index in [0.717, 1.165) is 32.8 Å². The Morgan fingerprint density at radius 3 is 2.27 bits per heavy atom. The molecule has 0 amide bonds. The fourth-order valence-corrected chi connectivity index (χ4v) is 4.57. The van der Waals surface area contributed by atoms with Gasteiger partial charge in [-0.25, -0.2) is 0 Å². The van der Waals surface area contributed by atoms with Crippen LogP contribution in [0, 0.1) is 0 Å². The Kier molecular flexibility index (Phi) is 4.09. The topological polar surface area (TPSA) is 52.0 Å². The Morgan fingerprint density at radius 1 is 0.923 bits per heavy atom. The molecule has 0 bridgehead atoms. The summed E-state index contributed by atoms with van der Waals surface area (Å²) >= 11 is 0. The van der Waals surface area contributed by atoms with Crippen molar-refractivity contribution >= 4 is 21.2 Å². The highest BCUT2D eigenvalue weighted by atomic mass is 32.2. The Balaban J connectivity index is 1.85. The lowest BCUT2D eigenvalue weighted by Gasteiger charge is -2.14. The van der Waals surface area contributed by atoms with E-state index in [9.17, 15) is 8.42 Å². The van der Waals surface area contributed by atoms with E-state index in [2.05, 4.69) is 11.2 Å². The maximum absolute atomic E-state index is 13.1. The van der Waals surface area contributed by atoms with Crippen LogP contribution in [-0.4, -0.2) is 17.6 Å². The summed E-state index contributed by atoms with van der Waals surface area (Å²) in [5.41, 5.74) is 4.79. The molecule has 0 N–H and O–H groups in total. The second kappa shape index (κ2) is 6.42. The highest BCUT2D eigenvalue weighted by molar-refractivity contribution is 7.89. The third kappa shape index (κ3) is 2.70. The SMILES string of the molecule is CC1=C(c2ccnn2S(=O)(=O)c2ccccc2)C(c2ccccc2)=CC1. The molecule has 3 aromatic rings. The molecule has 26 heavy (non-hydrogen) atoms. The van der Waals surface area contributed by atoms with Crippen LogP contribution < -0.4 is 0 Å². The van der Waals surface area contributed by atoms with Gasteiger partial charge in [-0.05, 0) is 42.7 Å². The molecule has 0 unspecified atom stereocenters. The van der Waals surface area contributed by atoms with Gasteiger partial charge in [0.1, 0.15) is 0 Å². The van der Waals surface area contributed by atoms with Crippen molar-refractivity contribution in [3.63, 3.8) is 0 Å². The molecule has 1 heterocycles. The maximum atomic E-state index is 13.1. The first kappa shape index (κ1) is 16.5. The zero-order valence-corrected chi connectivity index (χ0v) is 15.1. The average Bonchev–Trinajstić information content (AvgIpc) is 3.30. The van der Waals surface area contributed by atoms with E-state index in [4.69, 9.17) is 0 Å². The molecular formula is C21H18N2O2S. The van der Waals surface area contributed by atoms with Crippen LogP contribution in [0.3, 0.4) is 0 Å². The van der Waals surface area contributed by atoms with Crippen molar-refractivity contribution in [2.75, 3.05) is 0 Å². The Morgan fingerprint density at radius 2 is 1.58 bits per heavy atom. The predicted octanol–water partition coefficient (Wildman–Crippen LogP) is 4.38. The smallest absolute Gasteiger partial charge is 0.199 e. The van der Waals surface area contributed by atoms with E-state index in [-0.39, 0.29) is 4.90 Å². The van der Waals surface area contributed by atoms with Crippen molar-refractivity contribution in [3.05, 3.63) is 95.8 Å². The number of benzene rings is 2. The molecule has 0 saturated carbocycles. The van der Waals surface area contributed by atoms with Crippen molar-refractivity contribution < 1.29 is 8.42 Å². The summed E-state index contributed by atoms with van der Waals surface area (Å²) in [7, 11) is -3.75. The van der Waals surface area contributed by atoms with Crippen molar-refractivity contribution in [2.45, 2.75) is 18.2 Å². The number of aromatic nitrogens is 2. The summed E-state index contributed by atoms with van der Waals surface area (Å²) in [5, 5.41) is 4.14. The van der Waals surface area contributed by atoms with E-state index >= 15 is 0 Å². The van der Waals surface area contributed by atoms with E-state index in [1.165, 1.54) is 6.20 Å². The lowest BCUT2D eigenvalue weighted by molar-refractivity contribution is 0.579. The number of nitrogens with zero attached hydrogens (tertiary/aromatic N) is 2. The van der Waals surface area contributed by atoms with Crippen LogP contribution in [0.25, 0.3) is 11.1 Å². The molecular weight excluding hydrogens is 344 g/mol. The molecule has 5 heteroatoms. The van der Waals surface area contributed by atoms with Crippen LogP contribution in [-0.2, 0) is 10.0 Å². The average molecular weight is 362 g/mol. The third-order valence-corrected chi connectivity index (χ3v) is 6.14. The van der Waals surface area contributed by atoms with Crippen LogP contribution in [0.4, 0.5) is 0 Å². The molecule has 2 aromatic carbocycles. The molecule has 1 aromatic heterocycles. The summed E-state index contributed by atoms with van der Waals surface area (Å²) in [6, 6.07) is 20.2. The van der Waals surface area contributed by atoms with E-state index in [1.807, 2.05) is 37.3 Å². The fraction of sp³-hybridized carbons (Fsp3) is 0.0952. The molecule has 0 saturated heterocycles. The largest absolute Gasteiger partial charge is 0.283 e. The van der Waals surface area contributed by atoms with Crippen LogP contribution in [0.5, 0.6) is 0 Å². The fourth-order valence-electron chi connectivity index (χ4n) is 3.28.